The van der Waals surface area contributed by atoms with Crippen LogP contribution in [0.25, 0.3) is 21.3 Å². The van der Waals surface area contributed by atoms with E-state index in [1.54, 1.807) is 11.3 Å². The van der Waals surface area contributed by atoms with Gasteiger partial charge in [-0.1, -0.05) is 11.6 Å². The number of hydrogen-bond acceptors (Lipinski definition) is 5. The predicted molar refractivity (Wildman–Crippen MR) is 114 cm³/mol. The number of thiophene rings is 1. The molecule has 1 aromatic carbocycles. The minimum atomic E-state index is 0.0241. The maximum absolute atomic E-state index is 9.55. The smallest absolute Gasteiger partial charge is 0.130 e. The van der Waals surface area contributed by atoms with Gasteiger partial charge >= 0.3 is 0 Å². The van der Waals surface area contributed by atoms with Crippen molar-refractivity contribution >= 4 is 33.2 Å². The molecule has 4 nitrogen and oxygen atoms in total. The number of piperidine rings is 1. The van der Waals surface area contributed by atoms with Crippen molar-refractivity contribution in [1.82, 2.24) is 10.3 Å². The maximum atomic E-state index is 9.55. The monoisotopic (exact) mass is 414 g/mol. The first-order valence-corrected chi connectivity index (χ1v) is 11.0. The van der Waals surface area contributed by atoms with Gasteiger partial charge in [-0.2, -0.15) is 0 Å². The zero-order valence-electron chi connectivity index (χ0n) is 15.7. The lowest BCUT2D eigenvalue weighted by Crippen LogP contribution is -2.42. The lowest BCUT2D eigenvalue weighted by molar-refractivity contribution is 0.137. The number of aliphatic hydroxyl groups excluding tert-OH is 1. The van der Waals surface area contributed by atoms with Crippen molar-refractivity contribution < 1.29 is 9.84 Å². The molecular weight excluding hydrogens is 392 g/mol. The third-order valence-electron chi connectivity index (χ3n) is 5.86. The van der Waals surface area contributed by atoms with E-state index in [1.165, 1.54) is 12.8 Å². The zero-order valence-corrected chi connectivity index (χ0v) is 17.3. The van der Waals surface area contributed by atoms with Crippen molar-refractivity contribution in [1.29, 1.82) is 0 Å². The van der Waals surface area contributed by atoms with E-state index in [4.69, 9.17) is 16.3 Å². The summed E-state index contributed by atoms with van der Waals surface area (Å²) in [6.45, 7) is 2.09. The van der Waals surface area contributed by atoms with Crippen LogP contribution in [0.5, 0.6) is 5.75 Å². The quantitative estimate of drug-likeness (QED) is 0.625. The first-order valence-electron chi connectivity index (χ1n) is 9.82. The molecule has 146 valence electrons. The number of aliphatic hydroxyl groups is 1. The van der Waals surface area contributed by atoms with Crippen LogP contribution in [0.2, 0.25) is 5.02 Å². The van der Waals surface area contributed by atoms with Crippen LogP contribution in [0.1, 0.15) is 36.1 Å². The molecule has 2 bridgehead atoms. The second-order valence-electron chi connectivity index (χ2n) is 7.89. The Morgan fingerprint density at radius 1 is 1.21 bits per heavy atom. The van der Waals surface area contributed by atoms with Gasteiger partial charge in [-0.05, 0) is 62.4 Å². The van der Waals surface area contributed by atoms with Gasteiger partial charge in [-0.15, -0.1) is 11.3 Å². The Labute approximate surface area is 173 Å². The van der Waals surface area contributed by atoms with Gasteiger partial charge in [0, 0.05) is 39.3 Å². The topological polar surface area (TPSA) is 54.4 Å². The molecule has 0 unspecified atom stereocenters. The van der Waals surface area contributed by atoms with Crippen molar-refractivity contribution in [3.8, 4) is 16.9 Å². The Hall–Kier alpha value is -1.66. The van der Waals surface area contributed by atoms with E-state index in [2.05, 4.69) is 17.2 Å². The van der Waals surface area contributed by atoms with E-state index in [9.17, 15) is 5.11 Å². The third-order valence-corrected chi connectivity index (χ3v) is 7.22. The summed E-state index contributed by atoms with van der Waals surface area (Å²) in [4.78, 5) is 5.38. The number of nitrogens with zero attached hydrogens (tertiary/aromatic N) is 1. The summed E-state index contributed by atoms with van der Waals surface area (Å²) < 4.78 is 7.68. The molecule has 2 fully saturated rings. The van der Waals surface area contributed by atoms with Crippen molar-refractivity contribution in [2.75, 3.05) is 0 Å². The zero-order chi connectivity index (χ0) is 19.3. The molecule has 2 aliphatic heterocycles. The molecule has 6 heteroatoms. The summed E-state index contributed by atoms with van der Waals surface area (Å²) >= 11 is 8.01. The van der Waals surface area contributed by atoms with Crippen molar-refractivity contribution in [3.63, 3.8) is 0 Å². The summed E-state index contributed by atoms with van der Waals surface area (Å²) in [6.07, 6.45) is 6.65. The standard InChI is InChI=1S/C22H23ClN2O2S/c1-12-6-13(23)7-19(18-4-5-24-20-10-17(11-26)28-22(18)20)21(12)27-16-8-14-2-3-15(9-16)25-14/h4-7,10,14-16,25-26H,2-3,8-9,11H2,1H3/t14-,15+,16+. The number of aromatic nitrogens is 1. The van der Waals surface area contributed by atoms with E-state index in [0.29, 0.717) is 17.1 Å². The number of fused-ring (bicyclic) bond motifs is 3. The Bertz CT molecular complexity index is 1020. The SMILES string of the molecule is Cc1cc(Cl)cc(-c2ccnc3cc(CO)sc23)c1O[C@H]1C[C@H]2CC[C@@H](C1)N2. The van der Waals surface area contributed by atoms with E-state index in [-0.39, 0.29) is 12.7 Å². The Morgan fingerprint density at radius 3 is 2.75 bits per heavy atom. The van der Waals surface area contributed by atoms with Crippen molar-refractivity contribution in [2.45, 2.75) is 57.4 Å². The van der Waals surface area contributed by atoms with Gasteiger partial charge in [0.2, 0.25) is 0 Å². The maximum Gasteiger partial charge on any atom is 0.130 e. The molecule has 2 saturated heterocycles. The number of benzene rings is 1. The fraction of sp³-hybridized carbons (Fsp3) is 0.409. The van der Waals surface area contributed by atoms with Crippen LogP contribution >= 0.6 is 22.9 Å². The molecule has 4 heterocycles. The van der Waals surface area contributed by atoms with Crippen LogP contribution in [0, 0.1) is 6.92 Å². The van der Waals surface area contributed by atoms with Gasteiger partial charge in [-0.3, -0.25) is 4.98 Å². The number of hydrogen-bond donors (Lipinski definition) is 2. The van der Waals surface area contributed by atoms with Crippen molar-refractivity contribution in [2.24, 2.45) is 0 Å². The average molecular weight is 415 g/mol. The Balaban J connectivity index is 1.59. The number of aryl methyl sites for hydroxylation is 1. The van der Waals surface area contributed by atoms with Crippen LogP contribution in [0.3, 0.4) is 0 Å². The van der Waals surface area contributed by atoms with E-state index in [1.807, 2.05) is 30.5 Å². The molecule has 0 amide bonds. The number of halogens is 1. The number of rotatable bonds is 4. The molecular formula is C22H23ClN2O2S. The summed E-state index contributed by atoms with van der Waals surface area (Å²) in [5.41, 5.74) is 4.02. The lowest BCUT2D eigenvalue weighted by Gasteiger charge is -2.31. The molecule has 0 spiro atoms. The van der Waals surface area contributed by atoms with Gasteiger partial charge < -0.3 is 15.2 Å². The molecule has 2 aromatic heterocycles. The highest BCUT2D eigenvalue weighted by Crippen LogP contribution is 2.42. The van der Waals surface area contributed by atoms with E-state index in [0.717, 1.165) is 50.4 Å². The van der Waals surface area contributed by atoms with Gasteiger partial charge in [0.05, 0.1) is 16.8 Å². The van der Waals surface area contributed by atoms with Crippen LogP contribution in [-0.4, -0.2) is 28.3 Å². The number of nitrogens with one attached hydrogen (secondary N) is 1. The Morgan fingerprint density at radius 2 is 2.00 bits per heavy atom. The molecule has 0 saturated carbocycles. The summed E-state index contributed by atoms with van der Waals surface area (Å²) in [5.74, 6) is 0.919. The minimum Gasteiger partial charge on any atom is -0.489 e. The van der Waals surface area contributed by atoms with E-state index < -0.39 is 0 Å². The highest BCUT2D eigenvalue weighted by Gasteiger charge is 2.35. The number of ether oxygens (including phenoxy) is 1. The van der Waals surface area contributed by atoms with Crippen LogP contribution < -0.4 is 10.1 Å². The van der Waals surface area contributed by atoms with Crippen LogP contribution in [-0.2, 0) is 6.61 Å². The second kappa shape index (κ2) is 7.30. The Kier molecular flexibility index (Phi) is 4.79. The highest BCUT2D eigenvalue weighted by atomic mass is 35.5. The predicted octanol–water partition coefficient (Wildman–Crippen LogP) is 5.08. The van der Waals surface area contributed by atoms with Gasteiger partial charge in [0.25, 0.3) is 0 Å². The van der Waals surface area contributed by atoms with E-state index >= 15 is 0 Å². The molecule has 2 N–H and O–H groups in total. The molecule has 28 heavy (non-hydrogen) atoms. The molecule has 3 atom stereocenters. The fourth-order valence-corrected chi connectivity index (χ4v) is 5.91. The largest absolute Gasteiger partial charge is 0.489 e. The summed E-state index contributed by atoms with van der Waals surface area (Å²) in [6, 6.07) is 9.10. The first-order chi connectivity index (χ1) is 13.6. The molecule has 0 radical (unpaired) electrons. The molecule has 3 aromatic rings. The molecule has 5 rings (SSSR count). The lowest BCUT2D eigenvalue weighted by atomic mass is 10.00. The van der Waals surface area contributed by atoms with Crippen LogP contribution in [0.15, 0.2) is 30.5 Å². The normalized spacial score (nSPS) is 24.0. The van der Waals surface area contributed by atoms with Crippen molar-refractivity contribution in [3.05, 3.63) is 45.9 Å². The summed E-state index contributed by atoms with van der Waals surface area (Å²) in [7, 11) is 0. The highest BCUT2D eigenvalue weighted by molar-refractivity contribution is 7.19. The van der Waals surface area contributed by atoms with Crippen LogP contribution in [0.4, 0.5) is 0 Å². The molecule has 0 aliphatic carbocycles. The van der Waals surface area contributed by atoms with Gasteiger partial charge in [0.1, 0.15) is 11.9 Å². The third kappa shape index (κ3) is 3.30. The van der Waals surface area contributed by atoms with Gasteiger partial charge in [-0.25, -0.2) is 0 Å². The molecule has 2 aliphatic rings. The van der Waals surface area contributed by atoms with Gasteiger partial charge in [0.15, 0.2) is 0 Å². The fourth-order valence-electron chi connectivity index (χ4n) is 4.63. The summed E-state index contributed by atoms with van der Waals surface area (Å²) in [5, 5.41) is 13.9. The average Bonchev–Trinajstić information content (AvgIpc) is 3.26. The second-order valence-corrected chi connectivity index (χ2v) is 9.47. The number of pyridine rings is 1. The first kappa shape index (κ1) is 18.4. The minimum absolute atomic E-state index is 0.0241.